The predicted octanol–water partition coefficient (Wildman–Crippen LogP) is 3.94. The molecule has 5 heterocycles. The molecule has 0 bridgehead atoms. The molecular weight excluding hydrogens is 418 g/mol. The highest BCUT2D eigenvalue weighted by molar-refractivity contribution is 5.69. The van der Waals surface area contributed by atoms with E-state index in [1.165, 1.54) is 16.8 Å². The number of aldehydes is 1. The van der Waals surface area contributed by atoms with Crippen LogP contribution in [0, 0.1) is 0 Å². The molecule has 0 amide bonds. The zero-order valence-electron chi connectivity index (χ0n) is 17.4. The third-order valence-electron chi connectivity index (χ3n) is 5.82. The number of aromatic amines is 1. The van der Waals surface area contributed by atoms with Gasteiger partial charge in [0, 0.05) is 36.3 Å². The Hall–Kier alpha value is -3.40. The number of fused-ring (bicyclic) bond motifs is 2. The molecular formula is C22H22F2N6O2. The van der Waals surface area contributed by atoms with Gasteiger partial charge >= 0.3 is 0 Å². The number of aromatic nitrogens is 5. The molecule has 2 aliphatic rings. The van der Waals surface area contributed by atoms with Gasteiger partial charge < -0.3 is 9.40 Å². The van der Waals surface area contributed by atoms with Gasteiger partial charge in [0.1, 0.15) is 0 Å². The summed E-state index contributed by atoms with van der Waals surface area (Å²) < 4.78 is 32.9. The Morgan fingerprint density at radius 3 is 2.88 bits per heavy atom. The van der Waals surface area contributed by atoms with E-state index in [1.807, 2.05) is 7.05 Å². The Morgan fingerprint density at radius 1 is 1.31 bits per heavy atom. The zero-order chi connectivity index (χ0) is 22.2. The van der Waals surface area contributed by atoms with E-state index in [1.54, 1.807) is 24.7 Å². The quantitative estimate of drug-likeness (QED) is 0.484. The Bertz CT molecular complexity index is 1240. The summed E-state index contributed by atoms with van der Waals surface area (Å²) in [6, 6.07) is 4.67. The molecule has 1 saturated carbocycles. The van der Waals surface area contributed by atoms with Gasteiger partial charge in [0.2, 0.25) is 0 Å². The summed E-state index contributed by atoms with van der Waals surface area (Å²) in [5.41, 5.74) is 3.21. The number of hydrogen-bond acceptors (Lipinski definition) is 6. The third-order valence-corrected chi connectivity index (χ3v) is 5.82. The summed E-state index contributed by atoms with van der Waals surface area (Å²) in [5.74, 6) is 1.55. The summed E-state index contributed by atoms with van der Waals surface area (Å²) in [6.45, 7) is 0.870. The average Bonchev–Trinajstić information content (AvgIpc) is 3.18. The van der Waals surface area contributed by atoms with Crippen molar-refractivity contribution >= 4 is 11.8 Å². The van der Waals surface area contributed by atoms with Crippen molar-refractivity contribution in [3.8, 4) is 0 Å². The lowest BCUT2D eigenvalue weighted by molar-refractivity contribution is 0.109. The minimum atomic E-state index is -2.52. The second kappa shape index (κ2) is 8.27. The fourth-order valence-corrected chi connectivity index (χ4v) is 4.01. The number of carbonyl (C=O) groups excluding carboxylic acids is 1. The third kappa shape index (κ3) is 3.81. The van der Waals surface area contributed by atoms with Crippen LogP contribution >= 0.6 is 0 Å². The largest absolute Gasteiger partial charge is 0.438 e. The number of alkyl halides is 2. The highest BCUT2D eigenvalue weighted by atomic mass is 19.3. The first-order chi connectivity index (χ1) is 15.5. The minimum absolute atomic E-state index is 0.00182. The van der Waals surface area contributed by atoms with Crippen molar-refractivity contribution in [3.63, 3.8) is 0 Å². The normalized spacial score (nSPS) is 18.4. The molecule has 8 nitrogen and oxygen atoms in total. The average molecular weight is 440 g/mol. The molecule has 166 valence electrons. The maximum atomic E-state index is 13.1. The lowest BCUT2D eigenvalue weighted by atomic mass is 10.0. The van der Waals surface area contributed by atoms with Gasteiger partial charge in [0.15, 0.2) is 17.9 Å². The van der Waals surface area contributed by atoms with Gasteiger partial charge in [0.05, 0.1) is 35.5 Å². The number of likely N-dealkylation sites (N-methyl/N-ethyl adjacent to an activating group) is 1. The van der Waals surface area contributed by atoms with E-state index in [0.29, 0.717) is 23.5 Å². The van der Waals surface area contributed by atoms with Crippen LogP contribution < -0.4 is 0 Å². The van der Waals surface area contributed by atoms with Crippen molar-refractivity contribution in [3.05, 3.63) is 71.2 Å². The van der Waals surface area contributed by atoms with Crippen LogP contribution in [0.15, 0.2) is 41.3 Å². The molecule has 1 fully saturated rings. The van der Waals surface area contributed by atoms with Gasteiger partial charge in [-0.15, -0.1) is 0 Å². The van der Waals surface area contributed by atoms with Crippen molar-refractivity contribution in [1.29, 1.82) is 0 Å². The van der Waals surface area contributed by atoms with Crippen molar-refractivity contribution in [1.82, 2.24) is 29.5 Å². The van der Waals surface area contributed by atoms with Gasteiger partial charge in [-0.05, 0) is 38.1 Å². The van der Waals surface area contributed by atoms with Crippen LogP contribution in [0.4, 0.5) is 8.78 Å². The van der Waals surface area contributed by atoms with E-state index >= 15 is 0 Å². The molecule has 1 N–H and O–H groups in total. The first kappa shape index (κ1) is 20.5. The Labute approximate surface area is 182 Å². The second-order valence-corrected chi connectivity index (χ2v) is 8.06. The number of oxazole rings is 1. The molecule has 0 aromatic carbocycles. The SMILES string of the molecule is CN1CCc2[nH]cnc2C1c1cc2c(C(F)F)cccn2n1.O=Cc1cnc(C2CC2)o1. The Balaban J connectivity index is 0.000000180. The van der Waals surface area contributed by atoms with E-state index in [9.17, 15) is 13.6 Å². The standard InChI is InChI=1S/C15H15F2N5.C7H7NO2/c1-21-6-4-10-13(19-8-18-10)14(21)11-7-12-9(15(16)17)3-2-5-22(12)20-11;9-4-6-3-8-7(10-6)5-1-2-5/h2-3,5,7-8,14-15H,4,6H2,1H3,(H,18,19);3-5H,1-2H2. The predicted molar refractivity (Wildman–Crippen MR) is 111 cm³/mol. The van der Waals surface area contributed by atoms with Crippen LogP contribution in [0.25, 0.3) is 5.52 Å². The first-order valence-corrected chi connectivity index (χ1v) is 10.4. The number of hydrogen-bond donors (Lipinski definition) is 1. The molecule has 1 aliphatic carbocycles. The summed E-state index contributed by atoms with van der Waals surface area (Å²) in [7, 11) is 2.00. The maximum Gasteiger partial charge on any atom is 0.265 e. The van der Waals surface area contributed by atoms with Crippen molar-refractivity contribution in [2.45, 2.75) is 37.6 Å². The Morgan fingerprint density at radius 2 is 2.16 bits per heavy atom. The number of rotatable bonds is 4. The number of nitrogens with one attached hydrogen (secondary N) is 1. The molecule has 6 rings (SSSR count). The summed E-state index contributed by atoms with van der Waals surface area (Å²) in [5, 5.41) is 4.50. The van der Waals surface area contributed by atoms with E-state index in [4.69, 9.17) is 4.42 Å². The van der Waals surface area contributed by atoms with Gasteiger partial charge in [-0.3, -0.25) is 9.69 Å². The molecule has 0 saturated heterocycles. The second-order valence-electron chi connectivity index (χ2n) is 8.06. The molecule has 4 aromatic heterocycles. The van der Waals surface area contributed by atoms with Gasteiger partial charge in [-0.2, -0.15) is 5.10 Å². The van der Waals surface area contributed by atoms with E-state index < -0.39 is 6.43 Å². The maximum absolute atomic E-state index is 13.1. The van der Waals surface area contributed by atoms with Gasteiger partial charge in [-0.25, -0.2) is 23.3 Å². The summed E-state index contributed by atoms with van der Waals surface area (Å²) in [6.07, 6.45) is 6.21. The van der Waals surface area contributed by atoms with Gasteiger partial charge in [-0.1, -0.05) is 0 Å². The lowest BCUT2D eigenvalue weighted by Crippen LogP contribution is -2.33. The van der Waals surface area contributed by atoms with E-state index in [-0.39, 0.29) is 11.6 Å². The van der Waals surface area contributed by atoms with Crippen molar-refractivity contribution in [2.75, 3.05) is 13.6 Å². The van der Waals surface area contributed by atoms with E-state index in [0.717, 1.165) is 48.8 Å². The number of H-pyrrole nitrogens is 1. The number of pyridine rings is 1. The van der Waals surface area contributed by atoms with Crippen LogP contribution in [-0.4, -0.2) is 49.3 Å². The minimum Gasteiger partial charge on any atom is -0.438 e. The topological polar surface area (TPSA) is 92.3 Å². The summed E-state index contributed by atoms with van der Waals surface area (Å²) in [4.78, 5) is 23.8. The molecule has 1 aliphatic heterocycles. The molecule has 4 aromatic rings. The number of nitrogens with zero attached hydrogens (tertiary/aromatic N) is 5. The molecule has 32 heavy (non-hydrogen) atoms. The molecule has 1 atom stereocenters. The highest BCUT2D eigenvalue weighted by Gasteiger charge is 2.31. The zero-order valence-corrected chi connectivity index (χ0v) is 17.4. The van der Waals surface area contributed by atoms with Crippen molar-refractivity contribution in [2.24, 2.45) is 0 Å². The number of imidazole rings is 1. The van der Waals surface area contributed by atoms with Crippen LogP contribution in [0.5, 0.6) is 0 Å². The Kier molecular flexibility index (Phi) is 5.30. The number of carbonyl (C=O) groups is 1. The highest BCUT2D eigenvalue weighted by Crippen LogP contribution is 2.39. The first-order valence-electron chi connectivity index (χ1n) is 10.4. The van der Waals surface area contributed by atoms with Crippen LogP contribution in [0.2, 0.25) is 0 Å². The molecule has 10 heteroatoms. The number of halogens is 2. The van der Waals surface area contributed by atoms with Gasteiger partial charge in [0.25, 0.3) is 6.43 Å². The fraction of sp³-hybridized carbons (Fsp3) is 0.364. The molecule has 1 unspecified atom stereocenters. The van der Waals surface area contributed by atoms with Crippen LogP contribution in [-0.2, 0) is 6.42 Å². The molecule has 0 radical (unpaired) electrons. The van der Waals surface area contributed by atoms with Crippen LogP contribution in [0.3, 0.4) is 0 Å². The smallest absolute Gasteiger partial charge is 0.265 e. The van der Waals surface area contributed by atoms with E-state index in [2.05, 4.69) is 25.0 Å². The van der Waals surface area contributed by atoms with Crippen molar-refractivity contribution < 1.29 is 18.0 Å². The monoisotopic (exact) mass is 440 g/mol. The molecule has 0 spiro atoms. The summed E-state index contributed by atoms with van der Waals surface area (Å²) >= 11 is 0. The fourth-order valence-electron chi connectivity index (χ4n) is 4.01. The lowest BCUT2D eigenvalue weighted by Gasteiger charge is -2.30. The van der Waals surface area contributed by atoms with Crippen LogP contribution in [0.1, 0.15) is 70.3 Å².